The van der Waals surface area contributed by atoms with Gasteiger partial charge < -0.3 is 13.9 Å². The van der Waals surface area contributed by atoms with Crippen LogP contribution in [0.5, 0.6) is 0 Å². The largest absolute Gasteiger partial charge is 0.463 e. The molecule has 112 valence electrons. The van der Waals surface area contributed by atoms with Crippen LogP contribution in [0.25, 0.3) is 10.9 Å². The number of esters is 2. The van der Waals surface area contributed by atoms with E-state index in [0.29, 0.717) is 11.1 Å². The number of methoxy groups -OCH3 is 1. The molecule has 3 aromatic rings. The quantitative estimate of drug-likeness (QED) is 0.743. The third-order valence-electron chi connectivity index (χ3n) is 3.06. The maximum atomic E-state index is 12.1. The van der Waals surface area contributed by atoms with Gasteiger partial charge in [0.25, 0.3) is 0 Å². The highest BCUT2D eigenvalue weighted by molar-refractivity contribution is 6.01. The molecule has 0 saturated heterocycles. The molecule has 7 nitrogen and oxygen atoms in total. The number of aromatic nitrogens is 2. The molecule has 3 rings (SSSR count). The van der Waals surface area contributed by atoms with Crippen molar-refractivity contribution in [2.75, 3.05) is 7.11 Å². The van der Waals surface area contributed by atoms with Crippen molar-refractivity contribution in [3.8, 4) is 0 Å². The molecular formula is C15H12N2O5. The van der Waals surface area contributed by atoms with Crippen molar-refractivity contribution in [3.05, 3.63) is 53.6 Å². The van der Waals surface area contributed by atoms with Gasteiger partial charge in [0.1, 0.15) is 12.4 Å². The predicted octanol–water partition coefficient (Wildman–Crippen LogP) is 2.30. The molecule has 0 spiro atoms. The van der Waals surface area contributed by atoms with Gasteiger partial charge in [0.2, 0.25) is 5.76 Å². The van der Waals surface area contributed by atoms with Crippen molar-refractivity contribution in [1.82, 2.24) is 10.2 Å². The third kappa shape index (κ3) is 2.56. The number of nitrogens with zero attached hydrogens (tertiary/aromatic N) is 1. The minimum Gasteiger partial charge on any atom is -0.463 e. The molecule has 1 aromatic carbocycles. The van der Waals surface area contributed by atoms with Crippen LogP contribution in [0.4, 0.5) is 0 Å². The minimum absolute atomic E-state index is 0.0544. The highest BCUT2D eigenvalue weighted by atomic mass is 16.6. The molecule has 7 heteroatoms. The van der Waals surface area contributed by atoms with Crippen LogP contribution in [-0.4, -0.2) is 29.2 Å². The number of carbonyl (C=O) groups is 2. The zero-order valence-corrected chi connectivity index (χ0v) is 11.7. The molecule has 0 amide bonds. The summed E-state index contributed by atoms with van der Waals surface area (Å²) < 4.78 is 14.9. The summed E-state index contributed by atoms with van der Waals surface area (Å²) in [4.78, 5) is 23.3. The van der Waals surface area contributed by atoms with Gasteiger partial charge in [-0.3, -0.25) is 5.10 Å². The van der Waals surface area contributed by atoms with E-state index in [2.05, 4.69) is 14.9 Å². The summed E-state index contributed by atoms with van der Waals surface area (Å²) in [6.07, 6.45) is 0. The molecule has 2 heterocycles. The Morgan fingerprint density at radius 3 is 2.82 bits per heavy atom. The molecule has 0 unspecified atom stereocenters. The molecule has 0 atom stereocenters. The molecule has 0 radical (unpaired) electrons. The predicted molar refractivity (Wildman–Crippen MR) is 75.3 cm³/mol. The monoisotopic (exact) mass is 300 g/mol. The number of benzene rings is 1. The van der Waals surface area contributed by atoms with Gasteiger partial charge in [0.15, 0.2) is 5.69 Å². The molecule has 0 aliphatic heterocycles. The average molecular weight is 300 g/mol. The van der Waals surface area contributed by atoms with Crippen LogP contribution in [0.2, 0.25) is 0 Å². The van der Waals surface area contributed by atoms with Crippen molar-refractivity contribution in [3.63, 3.8) is 0 Å². The van der Waals surface area contributed by atoms with Gasteiger partial charge in [0, 0.05) is 5.39 Å². The normalized spacial score (nSPS) is 10.6. The first-order valence-electron chi connectivity index (χ1n) is 6.46. The number of nitrogens with one attached hydrogen (secondary N) is 1. The lowest BCUT2D eigenvalue weighted by molar-refractivity contribution is 0.0434. The summed E-state index contributed by atoms with van der Waals surface area (Å²) in [6, 6.07) is 10.2. The minimum atomic E-state index is -0.587. The van der Waals surface area contributed by atoms with Crippen molar-refractivity contribution in [2.24, 2.45) is 0 Å². The maximum Gasteiger partial charge on any atom is 0.373 e. The number of fused-ring (bicyclic) bond motifs is 1. The summed E-state index contributed by atoms with van der Waals surface area (Å²) in [5, 5.41) is 7.39. The summed E-state index contributed by atoms with van der Waals surface area (Å²) >= 11 is 0. The Balaban J connectivity index is 1.70. The van der Waals surface area contributed by atoms with Crippen LogP contribution in [-0.2, 0) is 16.1 Å². The molecule has 0 aliphatic rings. The van der Waals surface area contributed by atoms with E-state index in [1.54, 1.807) is 12.1 Å². The SMILES string of the molecule is COC(=O)c1ccc(COC(=O)c2n[nH]c3ccccc23)o1. The van der Waals surface area contributed by atoms with Gasteiger partial charge in [-0.2, -0.15) is 5.10 Å². The molecule has 0 aliphatic carbocycles. The van der Waals surface area contributed by atoms with Crippen molar-refractivity contribution < 1.29 is 23.5 Å². The van der Waals surface area contributed by atoms with Crippen LogP contribution < -0.4 is 0 Å². The fourth-order valence-corrected chi connectivity index (χ4v) is 1.99. The number of H-pyrrole nitrogens is 1. The second-order valence-corrected chi connectivity index (χ2v) is 4.45. The van der Waals surface area contributed by atoms with E-state index in [-0.39, 0.29) is 18.1 Å². The third-order valence-corrected chi connectivity index (χ3v) is 3.06. The van der Waals surface area contributed by atoms with Crippen LogP contribution in [0.15, 0.2) is 40.8 Å². The van der Waals surface area contributed by atoms with E-state index in [4.69, 9.17) is 9.15 Å². The van der Waals surface area contributed by atoms with Crippen LogP contribution >= 0.6 is 0 Å². The van der Waals surface area contributed by atoms with Crippen molar-refractivity contribution >= 4 is 22.8 Å². The number of para-hydroxylation sites is 1. The first kappa shape index (κ1) is 13.9. The molecule has 1 N–H and O–H groups in total. The van der Waals surface area contributed by atoms with Gasteiger partial charge >= 0.3 is 11.9 Å². The number of rotatable bonds is 4. The van der Waals surface area contributed by atoms with E-state index in [1.165, 1.54) is 13.2 Å². The van der Waals surface area contributed by atoms with Gasteiger partial charge in [-0.1, -0.05) is 18.2 Å². The number of ether oxygens (including phenoxy) is 2. The maximum absolute atomic E-state index is 12.1. The van der Waals surface area contributed by atoms with E-state index in [9.17, 15) is 9.59 Å². The lowest BCUT2D eigenvalue weighted by Crippen LogP contribution is -2.06. The fourth-order valence-electron chi connectivity index (χ4n) is 1.99. The Kier molecular flexibility index (Phi) is 3.61. The lowest BCUT2D eigenvalue weighted by atomic mass is 10.2. The zero-order chi connectivity index (χ0) is 15.5. The number of aromatic amines is 1. The number of hydrogen-bond acceptors (Lipinski definition) is 6. The molecule has 22 heavy (non-hydrogen) atoms. The molecule has 2 aromatic heterocycles. The van der Waals surface area contributed by atoms with Crippen molar-refractivity contribution in [1.29, 1.82) is 0 Å². The van der Waals surface area contributed by atoms with Gasteiger partial charge in [-0.25, -0.2) is 9.59 Å². The fraction of sp³-hybridized carbons (Fsp3) is 0.133. The molecule has 0 saturated carbocycles. The van der Waals surface area contributed by atoms with Gasteiger partial charge in [-0.15, -0.1) is 0 Å². The van der Waals surface area contributed by atoms with E-state index >= 15 is 0 Å². The van der Waals surface area contributed by atoms with Crippen LogP contribution in [0.1, 0.15) is 26.8 Å². The summed E-state index contributed by atoms with van der Waals surface area (Å²) in [5.41, 5.74) is 0.954. The summed E-state index contributed by atoms with van der Waals surface area (Å²) in [7, 11) is 1.26. The first-order valence-corrected chi connectivity index (χ1v) is 6.46. The first-order chi connectivity index (χ1) is 10.7. The number of furan rings is 1. The van der Waals surface area contributed by atoms with E-state index in [0.717, 1.165) is 5.52 Å². The van der Waals surface area contributed by atoms with Crippen LogP contribution in [0.3, 0.4) is 0 Å². The van der Waals surface area contributed by atoms with E-state index in [1.807, 2.05) is 18.2 Å². The molecule has 0 fully saturated rings. The highest BCUT2D eigenvalue weighted by Gasteiger charge is 2.17. The Labute approximate surface area is 124 Å². The standard InChI is InChI=1S/C15H12N2O5/c1-20-14(18)12-7-6-9(22-12)8-21-15(19)13-10-4-2-3-5-11(10)16-17-13/h2-7H,8H2,1H3,(H,16,17). The second kappa shape index (κ2) is 5.72. The number of carbonyl (C=O) groups excluding carboxylic acids is 2. The van der Waals surface area contributed by atoms with Gasteiger partial charge in [0.05, 0.1) is 12.6 Å². The summed E-state index contributed by atoms with van der Waals surface area (Å²) in [5.74, 6) is -0.767. The topological polar surface area (TPSA) is 94.4 Å². The van der Waals surface area contributed by atoms with Crippen molar-refractivity contribution in [2.45, 2.75) is 6.61 Å². The second-order valence-electron chi connectivity index (χ2n) is 4.45. The average Bonchev–Trinajstić information content (AvgIpc) is 3.18. The Hall–Kier alpha value is -3.09. The molecular weight excluding hydrogens is 288 g/mol. The zero-order valence-electron chi connectivity index (χ0n) is 11.7. The smallest absolute Gasteiger partial charge is 0.373 e. The number of hydrogen-bond donors (Lipinski definition) is 1. The lowest BCUT2D eigenvalue weighted by Gasteiger charge is -2.00. The highest BCUT2D eigenvalue weighted by Crippen LogP contribution is 2.17. The Morgan fingerprint density at radius 2 is 2.00 bits per heavy atom. The Morgan fingerprint density at radius 1 is 1.18 bits per heavy atom. The van der Waals surface area contributed by atoms with Crippen LogP contribution in [0, 0.1) is 0 Å². The molecule has 0 bridgehead atoms. The van der Waals surface area contributed by atoms with Gasteiger partial charge in [-0.05, 0) is 18.2 Å². The van der Waals surface area contributed by atoms with E-state index < -0.39 is 11.9 Å². The Bertz CT molecular complexity index is 833. The summed E-state index contributed by atoms with van der Waals surface area (Å²) in [6.45, 7) is -0.100.